The van der Waals surface area contributed by atoms with Gasteiger partial charge in [0.05, 0.1) is 14.2 Å². The molecule has 0 saturated heterocycles. The van der Waals surface area contributed by atoms with Crippen molar-refractivity contribution in [3.05, 3.63) is 78.4 Å². The van der Waals surface area contributed by atoms with Gasteiger partial charge in [-0.1, -0.05) is 11.2 Å². The lowest BCUT2D eigenvalue weighted by Gasteiger charge is -2.07. The van der Waals surface area contributed by atoms with Crippen LogP contribution in [-0.4, -0.2) is 30.3 Å². The van der Waals surface area contributed by atoms with Gasteiger partial charge in [0.25, 0.3) is 11.8 Å². The van der Waals surface area contributed by atoms with E-state index in [0.29, 0.717) is 28.7 Å². The summed E-state index contributed by atoms with van der Waals surface area (Å²) >= 11 is 0. The number of rotatable bonds is 6. The topological polar surface area (TPSA) is 86.5 Å². The number of amides is 1. The second-order valence-corrected chi connectivity index (χ2v) is 6.42. The number of aromatic nitrogens is 2. The third-order valence-corrected chi connectivity index (χ3v) is 4.50. The van der Waals surface area contributed by atoms with Crippen LogP contribution in [-0.2, 0) is 0 Å². The van der Waals surface area contributed by atoms with Gasteiger partial charge >= 0.3 is 0 Å². The third kappa shape index (κ3) is 4.15. The SMILES string of the molecule is COc1ccc(-c2noc(-c3ccc(NC(=O)c4cccc(OC)c4)cc3)n2)cc1. The third-order valence-electron chi connectivity index (χ3n) is 4.50. The van der Waals surface area contributed by atoms with Crippen molar-refractivity contribution in [2.75, 3.05) is 19.5 Å². The van der Waals surface area contributed by atoms with Crippen molar-refractivity contribution >= 4 is 11.6 Å². The van der Waals surface area contributed by atoms with Gasteiger partial charge in [-0.25, -0.2) is 0 Å². The molecule has 3 aromatic carbocycles. The van der Waals surface area contributed by atoms with Crippen molar-refractivity contribution < 1.29 is 18.8 Å². The van der Waals surface area contributed by atoms with Crippen LogP contribution >= 0.6 is 0 Å². The normalized spacial score (nSPS) is 10.5. The maximum absolute atomic E-state index is 12.4. The van der Waals surface area contributed by atoms with Crippen LogP contribution in [0.3, 0.4) is 0 Å². The van der Waals surface area contributed by atoms with Crippen LogP contribution in [0.15, 0.2) is 77.3 Å². The molecular weight excluding hydrogens is 382 g/mol. The molecule has 7 nitrogen and oxygen atoms in total. The first-order chi connectivity index (χ1) is 14.7. The molecule has 0 radical (unpaired) electrons. The fourth-order valence-corrected chi connectivity index (χ4v) is 2.86. The van der Waals surface area contributed by atoms with Gasteiger partial charge in [-0.3, -0.25) is 4.79 Å². The van der Waals surface area contributed by atoms with E-state index in [-0.39, 0.29) is 5.91 Å². The van der Waals surface area contributed by atoms with Gasteiger partial charge < -0.3 is 19.3 Å². The van der Waals surface area contributed by atoms with Crippen molar-refractivity contribution in [1.29, 1.82) is 0 Å². The van der Waals surface area contributed by atoms with Crippen LogP contribution in [0.2, 0.25) is 0 Å². The van der Waals surface area contributed by atoms with E-state index in [4.69, 9.17) is 14.0 Å². The smallest absolute Gasteiger partial charge is 0.258 e. The molecule has 30 heavy (non-hydrogen) atoms. The number of nitrogens with zero attached hydrogens (tertiary/aromatic N) is 2. The molecule has 1 amide bonds. The molecule has 150 valence electrons. The van der Waals surface area contributed by atoms with Crippen molar-refractivity contribution in [2.45, 2.75) is 0 Å². The molecule has 1 heterocycles. The lowest BCUT2D eigenvalue weighted by atomic mass is 10.1. The summed E-state index contributed by atoms with van der Waals surface area (Å²) in [6.07, 6.45) is 0. The van der Waals surface area contributed by atoms with E-state index in [2.05, 4.69) is 15.5 Å². The van der Waals surface area contributed by atoms with Gasteiger partial charge in [0.1, 0.15) is 11.5 Å². The molecule has 0 aliphatic rings. The van der Waals surface area contributed by atoms with Gasteiger partial charge in [0, 0.05) is 22.4 Å². The van der Waals surface area contributed by atoms with Crippen LogP contribution in [0.4, 0.5) is 5.69 Å². The molecule has 1 N–H and O–H groups in total. The average molecular weight is 401 g/mol. The molecular formula is C23H19N3O4. The van der Waals surface area contributed by atoms with Crippen molar-refractivity contribution in [1.82, 2.24) is 10.1 Å². The van der Waals surface area contributed by atoms with Gasteiger partial charge in [-0.15, -0.1) is 0 Å². The number of hydrogen-bond acceptors (Lipinski definition) is 6. The fourth-order valence-electron chi connectivity index (χ4n) is 2.86. The molecule has 0 bridgehead atoms. The number of carbonyl (C=O) groups is 1. The van der Waals surface area contributed by atoms with E-state index < -0.39 is 0 Å². The molecule has 0 fully saturated rings. The summed E-state index contributed by atoms with van der Waals surface area (Å²) in [4.78, 5) is 16.9. The minimum Gasteiger partial charge on any atom is -0.497 e. The predicted octanol–water partition coefficient (Wildman–Crippen LogP) is 4.67. The minimum atomic E-state index is -0.221. The first-order valence-corrected chi connectivity index (χ1v) is 9.20. The highest BCUT2D eigenvalue weighted by Gasteiger charge is 2.12. The summed E-state index contributed by atoms with van der Waals surface area (Å²) in [7, 11) is 3.18. The Morgan fingerprint density at radius 2 is 1.57 bits per heavy atom. The summed E-state index contributed by atoms with van der Waals surface area (Å²) in [6.45, 7) is 0. The van der Waals surface area contributed by atoms with Crippen LogP contribution in [0.1, 0.15) is 10.4 Å². The number of ether oxygens (including phenoxy) is 2. The molecule has 0 spiro atoms. The molecule has 4 aromatic rings. The van der Waals surface area contributed by atoms with E-state index in [1.807, 2.05) is 36.4 Å². The molecule has 7 heteroatoms. The van der Waals surface area contributed by atoms with Crippen molar-refractivity contribution in [3.63, 3.8) is 0 Å². The monoisotopic (exact) mass is 401 g/mol. The average Bonchev–Trinajstić information content (AvgIpc) is 3.30. The largest absolute Gasteiger partial charge is 0.497 e. The maximum Gasteiger partial charge on any atom is 0.258 e. The standard InChI is InChI=1S/C23H19N3O4/c1-28-19-12-8-15(9-13-19)21-25-23(30-26-21)16-6-10-18(11-7-16)24-22(27)17-4-3-5-20(14-17)29-2/h3-14H,1-2H3,(H,24,27). The zero-order valence-electron chi connectivity index (χ0n) is 16.5. The second kappa shape index (κ2) is 8.48. The minimum absolute atomic E-state index is 0.221. The van der Waals surface area contributed by atoms with Crippen LogP contribution in [0.25, 0.3) is 22.8 Å². The fraction of sp³-hybridized carbons (Fsp3) is 0.0870. The van der Waals surface area contributed by atoms with Crippen LogP contribution in [0, 0.1) is 0 Å². The summed E-state index contributed by atoms with van der Waals surface area (Å²) in [5.74, 6) is 2.05. The molecule has 0 saturated carbocycles. The van der Waals surface area contributed by atoms with Crippen LogP contribution in [0.5, 0.6) is 11.5 Å². The Bertz CT molecular complexity index is 1150. The van der Waals surface area contributed by atoms with E-state index in [0.717, 1.165) is 16.9 Å². The summed E-state index contributed by atoms with van der Waals surface area (Å²) < 4.78 is 15.7. The first kappa shape index (κ1) is 19.2. The maximum atomic E-state index is 12.4. The lowest BCUT2D eigenvalue weighted by Crippen LogP contribution is -2.11. The number of hydrogen-bond donors (Lipinski definition) is 1. The zero-order valence-corrected chi connectivity index (χ0v) is 16.5. The molecule has 1 aromatic heterocycles. The predicted molar refractivity (Wildman–Crippen MR) is 113 cm³/mol. The lowest BCUT2D eigenvalue weighted by molar-refractivity contribution is 0.102. The van der Waals surface area contributed by atoms with E-state index in [9.17, 15) is 4.79 Å². The number of methoxy groups -OCH3 is 2. The van der Waals surface area contributed by atoms with Crippen molar-refractivity contribution in [3.8, 4) is 34.3 Å². The highest BCUT2D eigenvalue weighted by molar-refractivity contribution is 6.04. The number of carbonyl (C=O) groups excluding carboxylic acids is 1. The molecule has 0 atom stereocenters. The number of nitrogens with one attached hydrogen (secondary N) is 1. The van der Waals surface area contributed by atoms with Gasteiger partial charge in [-0.2, -0.15) is 4.98 Å². The molecule has 0 unspecified atom stereocenters. The summed E-state index contributed by atoms with van der Waals surface area (Å²) in [6, 6.07) is 21.6. The van der Waals surface area contributed by atoms with Gasteiger partial charge in [0.15, 0.2) is 0 Å². The highest BCUT2D eigenvalue weighted by Crippen LogP contribution is 2.25. The number of benzene rings is 3. The molecule has 0 aliphatic carbocycles. The Morgan fingerprint density at radius 1 is 0.867 bits per heavy atom. The van der Waals surface area contributed by atoms with Gasteiger partial charge in [-0.05, 0) is 66.7 Å². The van der Waals surface area contributed by atoms with E-state index in [1.165, 1.54) is 0 Å². The Morgan fingerprint density at radius 3 is 2.27 bits per heavy atom. The zero-order chi connectivity index (χ0) is 20.9. The van der Waals surface area contributed by atoms with Crippen LogP contribution < -0.4 is 14.8 Å². The molecule has 4 rings (SSSR count). The Hall–Kier alpha value is -4.13. The summed E-state index contributed by atoms with van der Waals surface area (Å²) in [5, 5.41) is 6.89. The molecule has 0 aliphatic heterocycles. The highest BCUT2D eigenvalue weighted by atomic mass is 16.5. The Labute approximate surface area is 173 Å². The quantitative estimate of drug-likeness (QED) is 0.505. The Balaban J connectivity index is 1.47. The Kier molecular flexibility index (Phi) is 5.43. The van der Waals surface area contributed by atoms with E-state index >= 15 is 0 Å². The van der Waals surface area contributed by atoms with E-state index in [1.54, 1.807) is 50.6 Å². The second-order valence-electron chi connectivity index (χ2n) is 6.42. The van der Waals surface area contributed by atoms with Gasteiger partial charge in [0.2, 0.25) is 5.82 Å². The number of anilines is 1. The van der Waals surface area contributed by atoms with Crippen molar-refractivity contribution in [2.24, 2.45) is 0 Å². The first-order valence-electron chi connectivity index (χ1n) is 9.20. The summed E-state index contributed by atoms with van der Waals surface area (Å²) in [5.41, 5.74) is 2.75.